The van der Waals surface area contributed by atoms with Gasteiger partial charge < -0.3 is 5.73 Å². The number of nitrogens with two attached hydrogens (primary N) is 1. The van der Waals surface area contributed by atoms with Gasteiger partial charge in [-0.1, -0.05) is 0 Å². The highest BCUT2D eigenvalue weighted by Gasteiger charge is 2.07. The van der Waals surface area contributed by atoms with Crippen molar-refractivity contribution >= 4 is 27.4 Å². The molecule has 64 valence electrons. The molecular weight excluding hydrogens is 225 g/mol. The molecule has 0 aliphatic carbocycles. The first-order valence-corrected chi connectivity index (χ1v) is 4.07. The number of benzene rings is 1. The number of rotatable bonds is 1. The van der Waals surface area contributed by atoms with Crippen LogP contribution in [0, 0.1) is 5.82 Å². The zero-order chi connectivity index (χ0) is 9.30. The molecule has 2 N–H and O–H groups in total. The van der Waals surface area contributed by atoms with Crippen molar-refractivity contribution in [1.82, 2.24) is 0 Å². The lowest BCUT2D eigenvalue weighted by Gasteiger charge is -2.01. The average molecular weight is 232 g/mol. The summed E-state index contributed by atoms with van der Waals surface area (Å²) in [6.45, 7) is 1.36. The summed E-state index contributed by atoms with van der Waals surface area (Å²) in [5, 5.41) is 0. The minimum absolute atomic E-state index is 0.201. The molecule has 0 saturated heterocycles. The second-order valence-corrected chi connectivity index (χ2v) is 3.21. The highest BCUT2D eigenvalue weighted by molar-refractivity contribution is 9.10. The van der Waals surface area contributed by atoms with E-state index in [2.05, 4.69) is 15.9 Å². The Morgan fingerprint density at radius 2 is 2.17 bits per heavy atom. The van der Waals surface area contributed by atoms with E-state index in [4.69, 9.17) is 5.73 Å². The minimum Gasteiger partial charge on any atom is -0.398 e. The monoisotopic (exact) mass is 231 g/mol. The van der Waals surface area contributed by atoms with Gasteiger partial charge in [-0.3, -0.25) is 4.79 Å². The number of hydrogen-bond acceptors (Lipinski definition) is 2. The molecule has 0 fully saturated rings. The Bertz CT molecular complexity index is 315. The lowest BCUT2D eigenvalue weighted by Crippen LogP contribution is -1.97. The maximum Gasteiger partial charge on any atom is 0.159 e. The van der Waals surface area contributed by atoms with Crippen LogP contribution in [-0.2, 0) is 0 Å². The molecule has 4 heteroatoms. The fraction of sp³-hybridized carbons (Fsp3) is 0.125. The first-order valence-electron chi connectivity index (χ1n) is 3.28. The molecule has 0 radical (unpaired) electrons. The smallest absolute Gasteiger partial charge is 0.159 e. The number of ketones is 1. The standard InChI is InChI=1S/C8H7BrFNO/c1-4(12)5-2-6(10)8(9)7(11)3-5/h2-3H,11H2,1H3. The summed E-state index contributed by atoms with van der Waals surface area (Å²) in [5.41, 5.74) is 5.94. The van der Waals surface area contributed by atoms with Gasteiger partial charge in [-0.25, -0.2) is 4.39 Å². The van der Waals surface area contributed by atoms with Gasteiger partial charge in [0.25, 0.3) is 0 Å². The molecule has 0 atom stereocenters. The lowest BCUT2D eigenvalue weighted by molar-refractivity contribution is 0.101. The normalized spacial score (nSPS) is 9.92. The van der Waals surface area contributed by atoms with Crippen LogP contribution in [0.3, 0.4) is 0 Å². The second kappa shape index (κ2) is 3.23. The number of carbonyl (C=O) groups is 1. The van der Waals surface area contributed by atoms with E-state index >= 15 is 0 Å². The Balaban J connectivity index is 3.31. The summed E-state index contributed by atoms with van der Waals surface area (Å²) in [6, 6.07) is 2.60. The number of nitrogen functional groups attached to an aromatic ring is 1. The van der Waals surface area contributed by atoms with Gasteiger partial charge in [0.2, 0.25) is 0 Å². The second-order valence-electron chi connectivity index (χ2n) is 2.42. The number of Topliss-reactive ketones (excluding diaryl/α,β-unsaturated/α-hetero) is 1. The number of carbonyl (C=O) groups excluding carboxylic acids is 1. The quantitative estimate of drug-likeness (QED) is 0.596. The van der Waals surface area contributed by atoms with E-state index in [1.807, 2.05) is 0 Å². The zero-order valence-electron chi connectivity index (χ0n) is 6.40. The summed E-state index contributed by atoms with van der Waals surface area (Å²) in [6.07, 6.45) is 0. The van der Waals surface area contributed by atoms with Crippen LogP contribution in [0.5, 0.6) is 0 Å². The lowest BCUT2D eigenvalue weighted by atomic mass is 10.1. The van der Waals surface area contributed by atoms with Crippen molar-refractivity contribution in [2.24, 2.45) is 0 Å². The molecule has 1 rings (SSSR count). The third kappa shape index (κ3) is 1.64. The van der Waals surface area contributed by atoms with Crippen LogP contribution in [-0.4, -0.2) is 5.78 Å². The molecule has 0 aliphatic rings. The Morgan fingerprint density at radius 1 is 1.58 bits per heavy atom. The van der Waals surface area contributed by atoms with Gasteiger partial charge in [0.1, 0.15) is 5.82 Å². The van der Waals surface area contributed by atoms with Crippen LogP contribution >= 0.6 is 15.9 Å². The number of anilines is 1. The first-order chi connectivity index (χ1) is 5.52. The van der Waals surface area contributed by atoms with Crippen molar-refractivity contribution in [3.05, 3.63) is 28.0 Å². The maximum absolute atomic E-state index is 12.9. The molecule has 0 aromatic heterocycles. The van der Waals surface area contributed by atoms with Gasteiger partial charge in [0.15, 0.2) is 5.78 Å². The van der Waals surface area contributed by atoms with Crippen LogP contribution in [0.1, 0.15) is 17.3 Å². The molecule has 0 bridgehead atoms. The van der Waals surface area contributed by atoms with E-state index in [0.717, 1.165) is 6.07 Å². The molecule has 0 aliphatic heterocycles. The molecular formula is C8H7BrFNO. The Kier molecular flexibility index (Phi) is 2.47. The van der Waals surface area contributed by atoms with Crippen molar-refractivity contribution in [2.45, 2.75) is 6.92 Å². The van der Waals surface area contributed by atoms with E-state index in [1.54, 1.807) is 0 Å². The highest BCUT2D eigenvalue weighted by atomic mass is 79.9. The van der Waals surface area contributed by atoms with E-state index in [0.29, 0.717) is 0 Å². The molecule has 0 saturated carbocycles. The zero-order valence-corrected chi connectivity index (χ0v) is 7.98. The average Bonchev–Trinajstić information content (AvgIpc) is 1.99. The van der Waals surface area contributed by atoms with Gasteiger partial charge in [-0.15, -0.1) is 0 Å². The molecule has 0 heterocycles. The van der Waals surface area contributed by atoms with Crippen LogP contribution in [0.4, 0.5) is 10.1 Å². The first kappa shape index (κ1) is 9.19. The minimum atomic E-state index is -0.514. The topological polar surface area (TPSA) is 43.1 Å². The number of hydrogen-bond donors (Lipinski definition) is 1. The summed E-state index contributed by atoms with van der Waals surface area (Å²) in [7, 11) is 0. The SMILES string of the molecule is CC(=O)c1cc(N)c(Br)c(F)c1. The molecule has 1 aromatic carbocycles. The van der Waals surface area contributed by atoms with Gasteiger partial charge in [-0.05, 0) is 35.0 Å². The van der Waals surface area contributed by atoms with E-state index in [9.17, 15) is 9.18 Å². The third-order valence-electron chi connectivity index (χ3n) is 1.46. The van der Waals surface area contributed by atoms with Crippen molar-refractivity contribution in [1.29, 1.82) is 0 Å². The van der Waals surface area contributed by atoms with Crippen LogP contribution in [0.15, 0.2) is 16.6 Å². The maximum atomic E-state index is 12.9. The van der Waals surface area contributed by atoms with E-state index in [-0.39, 0.29) is 21.5 Å². The predicted octanol–water partition coefficient (Wildman–Crippen LogP) is 2.37. The molecule has 2 nitrogen and oxygen atoms in total. The fourth-order valence-electron chi connectivity index (χ4n) is 0.814. The van der Waals surface area contributed by atoms with Crippen molar-refractivity contribution in [3.8, 4) is 0 Å². The van der Waals surface area contributed by atoms with Crippen molar-refractivity contribution in [3.63, 3.8) is 0 Å². The largest absolute Gasteiger partial charge is 0.398 e. The fourth-order valence-corrected chi connectivity index (χ4v) is 1.04. The Hall–Kier alpha value is -0.900. The Labute approximate surface area is 77.7 Å². The van der Waals surface area contributed by atoms with Gasteiger partial charge in [-0.2, -0.15) is 0 Å². The molecule has 12 heavy (non-hydrogen) atoms. The molecule has 0 unspecified atom stereocenters. The third-order valence-corrected chi connectivity index (χ3v) is 2.30. The van der Waals surface area contributed by atoms with Gasteiger partial charge in [0, 0.05) is 11.3 Å². The van der Waals surface area contributed by atoms with Crippen LogP contribution in [0.2, 0.25) is 0 Å². The van der Waals surface area contributed by atoms with E-state index in [1.165, 1.54) is 13.0 Å². The Morgan fingerprint density at radius 3 is 2.58 bits per heavy atom. The summed E-state index contributed by atoms with van der Waals surface area (Å²) >= 11 is 2.95. The number of halogens is 2. The highest BCUT2D eigenvalue weighted by Crippen LogP contribution is 2.24. The van der Waals surface area contributed by atoms with Crippen molar-refractivity contribution < 1.29 is 9.18 Å². The summed E-state index contributed by atoms with van der Waals surface area (Å²) in [5.74, 6) is -0.715. The predicted molar refractivity (Wildman–Crippen MR) is 48.5 cm³/mol. The van der Waals surface area contributed by atoms with Crippen LogP contribution in [0.25, 0.3) is 0 Å². The van der Waals surface area contributed by atoms with E-state index < -0.39 is 5.82 Å². The molecule has 1 aromatic rings. The summed E-state index contributed by atoms with van der Waals surface area (Å²) in [4.78, 5) is 10.8. The summed E-state index contributed by atoms with van der Waals surface area (Å²) < 4.78 is 13.1. The molecule has 0 spiro atoms. The van der Waals surface area contributed by atoms with Gasteiger partial charge in [0.05, 0.1) is 4.47 Å². The molecule has 0 amide bonds. The van der Waals surface area contributed by atoms with Crippen LogP contribution < -0.4 is 5.73 Å². The van der Waals surface area contributed by atoms with Crippen molar-refractivity contribution in [2.75, 3.05) is 5.73 Å². The van der Waals surface area contributed by atoms with Gasteiger partial charge >= 0.3 is 0 Å².